The predicted octanol–water partition coefficient (Wildman–Crippen LogP) is 6.58. The van der Waals surface area contributed by atoms with Crippen molar-refractivity contribution in [2.45, 2.75) is 123 Å². The molecule has 29 heavy (non-hydrogen) atoms. The van der Waals surface area contributed by atoms with E-state index in [1.54, 1.807) is 0 Å². The molecule has 0 aromatic carbocycles. The number of hydrogen-bond acceptors (Lipinski definition) is 2. The summed E-state index contributed by atoms with van der Waals surface area (Å²) < 4.78 is 0. The Morgan fingerprint density at radius 2 is 1.55 bits per heavy atom. The van der Waals surface area contributed by atoms with Gasteiger partial charge in [-0.1, -0.05) is 47.5 Å². The van der Waals surface area contributed by atoms with Crippen LogP contribution in [0, 0.1) is 46.3 Å². The van der Waals surface area contributed by atoms with Crippen molar-refractivity contribution in [3.8, 4) is 0 Å². The molecule has 0 radical (unpaired) electrons. The first kappa shape index (κ1) is 22.1. The summed E-state index contributed by atoms with van der Waals surface area (Å²) >= 11 is 0. The second-order valence-electron chi connectivity index (χ2n) is 12.6. The normalized spacial score (nSPS) is 49.2. The predicted molar refractivity (Wildman–Crippen MR) is 121 cm³/mol. The maximum Gasteiger partial charge on any atom is 0.0729 e. The van der Waals surface area contributed by atoms with E-state index in [-0.39, 0.29) is 17.4 Å². The highest BCUT2D eigenvalue weighted by molar-refractivity contribution is 5.14. The van der Waals surface area contributed by atoms with Gasteiger partial charge in [0.1, 0.15) is 0 Å². The van der Waals surface area contributed by atoms with Crippen LogP contribution >= 0.6 is 0 Å². The number of rotatable bonds is 5. The van der Waals surface area contributed by atoms with E-state index in [9.17, 15) is 10.2 Å². The standard InChI is InChI=1S/C27H48O2/c1-18(2)24(28)12-9-19(3)27(29)17-14-23-21-11-10-20-8-6-7-15-25(20,4)22(21)13-16-26(23,27)5/h18-24,28-29H,6-17H2,1-5H3/t19-,20?,21-,22+,23+,24?,25+,26+,27+/m1/s1. The topological polar surface area (TPSA) is 40.5 Å². The van der Waals surface area contributed by atoms with Crippen LogP contribution in [-0.4, -0.2) is 21.9 Å². The third-order valence-corrected chi connectivity index (χ3v) is 11.3. The summed E-state index contributed by atoms with van der Waals surface area (Å²) in [5, 5.41) is 22.4. The molecule has 0 spiro atoms. The van der Waals surface area contributed by atoms with Crippen LogP contribution in [0.15, 0.2) is 0 Å². The molecule has 4 rings (SSSR count). The van der Waals surface area contributed by atoms with Crippen LogP contribution in [0.4, 0.5) is 0 Å². The van der Waals surface area contributed by atoms with E-state index in [1.807, 2.05) is 0 Å². The van der Waals surface area contributed by atoms with Gasteiger partial charge in [-0.3, -0.25) is 0 Å². The Kier molecular flexibility index (Phi) is 5.95. The Morgan fingerprint density at radius 3 is 2.28 bits per heavy atom. The van der Waals surface area contributed by atoms with Crippen LogP contribution in [0.1, 0.15) is 112 Å². The summed E-state index contributed by atoms with van der Waals surface area (Å²) in [4.78, 5) is 0. The lowest BCUT2D eigenvalue weighted by molar-refractivity contribution is -0.169. The molecule has 9 atom stereocenters. The minimum absolute atomic E-state index is 0.0776. The lowest BCUT2D eigenvalue weighted by atomic mass is 9.44. The average Bonchev–Trinajstić information content (AvgIpc) is 2.97. The molecule has 4 fully saturated rings. The molecule has 0 aromatic rings. The fourth-order valence-corrected chi connectivity index (χ4v) is 9.15. The Balaban J connectivity index is 1.51. The fraction of sp³-hybridized carbons (Fsp3) is 1.00. The summed E-state index contributed by atoms with van der Waals surface area (Å²) in [6.07, 6.45) is 15.0. The quantitative estimate of drug-likeness (QED) is 0.543. The van der Waals surface area contributed by atoms with Crippen LogP contribution in [0.3, 0.4) is 0 Å². The molecule has 0 aliphatic heterocycles. The second kappa shape index (κ2) is 7.80. The van der Waals surface area contributed by atoms with Crippen molar-refractivity contribution in [1.82, 2.24) is 0 Å². The van der Waals surface area contributed by atoms with Crippen LogP contribution < -0.4 is 0 Å². The molecule has 4 aliphatic rings. The molecule has 0 amide bonds. The maximum atomic E-state index is 12.1. The number of hydrogen-bond donors (Lipinski definition) is 2. The molecule has 2 nitrogen and oxygen atoms in total. The van der Waals surface area contributed by atoms with Gasteiger partial charge in [-0.2, -0.15) is 0 Å². The van der Waals surface area contributed by atoms with Crippen LogP contribution in [0.25, 0.3) is 0 Å². The summed E-state index contributed by atoms with van der Waals surface area (Å²) in [5.41, 5.74) is 0.119. The van der Waals surface area contributed by atoms with Crippen LogP contribution in [0.2, 0.25) is 0 Å². The van der Waals surface area contributed by atoms with Crippen molar-refractivity contribution in [3.63, 3.8) is 0 Å². The van der Waals surface area contributed by atoms with E-state index in [1.165, 1.54) is 57.8 Å². The Bertz CT molecular complexity index is 587. The third-order valence-electron chi connectivity index (χ3n) is 11.3. The number of fused-ring (bicyclic) bond motifs is 5. The minimum atomic E-state index is -0.538. The highest BCUT2D eigenvalue weighted by Crippen LogP contribution is 2.69. The Labute approximate surface area is 180 Å². The lowest BCUT2D eigenvalue weighted by Crippen LogP contribution is -2.57. The molecule has 0 aromatic heterocycles. The van der Waals surface area contributed by atoms with E-state index in [0.29, 0.717) is 17.3 Å². The van der Waals surface area contributed by atoms with Crippen molar-refractivity contribution >= 4 is 0 Å². The summed E-state index contributed by atoms with van der Waals surface area (Å²) in [5.74, 6) is 4.02. The van der Waals surface area contributed by atoms with E-state index >= 15 is 0 Å². The maximum absolute atomic E-state index is 12.1. The molecule has 4 aliphatic carbocycles. The van der Waals surface area contributed by atoms with Crippen molar-refractivity contribution < 1.29 is 10.2 Å². The van der Waals surface area contributed by atoms with E-state index in [0.717, 1.165) is 37.0 Å². The van der Waals surface area contributed by atoms with Gasteiger partial charge >= 0.3 is 0 Å². The first-order valence-electron chi connectivity index (χ1n) is 13.0. The molecule has 2 N–H and O–H groups in total. The summed E-state index contributed by atoms with van der Waals surface area (Å²) in [6.45, 7) is 11.6. The first-order valence-corrected chi connectivity index (χ1v) is 13.0. The molecule has 0 saturated heterocycles. The van der Waals surface area contributed by atoms with Crippen molar-refractivity contribution in [1.29, 1.82) is 0 Å². The Morgan fingerprint density at radius 1 is 0.828 bits per heavy atom. The van der Waals surface area contributed by atoms with Crippen molar-refractivity contribution in [2.75, 3.05) is 0 Å². The highest BCUT2D eigenvalue weighted by Gasteiger charge is 2.65. The SMILES string of the molecule is CC(C)C(O)CC[C@@H](C)[C@@]1(O)CC[C@H]2[C@@H]3CCC4CCCC[C@]4(C)[C@H]3CC[C@@]21C. The zero-order valence-electron chi connectivity index (χ0n) is 19.9. The molecule has 2 unspecified atom stereocenters. The van der Waals surface area contributed by atoms with Gasteiger partial charge in [0.15, 0.2) is 0 Å². The molecular weight excluding hydrogens is 356 g/mol. The molecule has 0 heterocycles. The molecular formula is C27H48O2. The van der Waals surface area contributed by atoms with Crippen LogP contribution in [-0.2, 0) is 0 Å². The first-order chi connectivity index (χ1) is 13.6. The van der Waals surface area contributed by atoms with Crippen molar-refractivity contribution in [2.24, 2.45) is 46.3 Å². The van der Waals surface area contributed by atoms with Gasteiger partial charge in [0.25, 0.3) is 0 Å². The van der Waals surface area contributed by atoms with Crippen LogP contribution in [0.5, 0.6) is 0 Å². The summed E-state index contributed by atoms with van der Waals surface area (Å²) in [7, 11) is 0. The average molecular weight is 405 g/mol. The summed E-state index contributed by atoms with van der Waals surface area (Å²) in [6, 6.07) is 0. The zero-order valence-corrected chi connectivity index (χ0v) is 19.9. The van der Waals surface area contributed by atoms with Gasteiger partial charge < -0.3 is 10.2 Å². The van der Waals surface area contributed by atoms with Crippen molar-refractivity contribution in [3.05, 3.63) is 0 Å². The highest BCUT2D eigenvalue weighted by atomic mass is 16.3. The largest absolute Gasteiger partial charge is 0.393 e. The minimum Gasteiger partial charge on any atom is -0.393 e. The monoisotopic (exact) mass is 404 g/mol. The van der Waals surface area contributed by atoms with E-state index in [2.05, 4.69) is 34.6 Å². The Hall–Kier alpha value is -0.0800. The number of aliphatic hydroxyl groups excluding tert-OH is 1. The second-order valence-corrected chi connectivity index (χ2v) is 12.6. The lowest BCUT2D eigenvalue weighted by Gasteiger charge is -2.61. The molecule has 2 heteroatoms. The fourth-order valence-electron chi connectivity index (χ4n) is 9.15. The molecule has 4 saturated carbocycles. The van der Waals surface area contributed by atoms with Gasteiger partial charge in [0.2, 0.25) is 0 Å². The molecule has 0 bridgehead atoms. The molecule has 168 valence electrons. The van der Waals surface area contributed by atoms with Gasteiger partial charge in [0, 0.05) is 0 Å². The van der Waals surface area contributed by atoms with Gasteiger partial charge in [-0.15, -0.1) is 0 Å². The smallest absolute Gasteiger partial charge is 0.0729 e. The third kappa shape index (κ3) is 3.34. The van der Waals surface area contributed by atoms with E-state index < -0.39 is 5.60 Å². The van der Waals surface area contributed by atoms with Gasteiger partial charge in [-0.05, 0) is 111 Å². The van der Waals surface area contributed by atoms with E-state index in [4.69, 9.17) is 0 Å². The number of aliphatic hydroxyl groups is 2. The van der Waals surface area contributed by atoms with Gasteiger partial charge in [0.05, 0.1) is 11.7 Å². The van der Waals surface area contributed by atoms with Gasteiger partial charge in [-0.25, -0.2) is 0 Å². The zero-order chi connectivity index (χ0) is 21.0.